The Kier molecular flexibility index (Phi) is 4.63. The van der Waals surface area contributed by atoms with E-state index in [1.54, 1.807) is 0 Å². The summed E-state index contributed by atoms with van der Waals surface area (Å²) >= 11 is 0. The van der Waals surface area contributed by atoms with Crippen molar-refractivity contribution in [3.63, 3.8) is 0 Å². The minimum Gasteiger partial charge on any atom is -0.463 e. The minimum absolute atomic E-state index is 0.746. The van der Waals surface area contributed by atoms with Crippen LogP contribution in [0.5, 0.6) is 0 Å². The third-order valence-corrected chi connectivity index (χ3v) is 3.18. The number of unbranched alkanes of at least 4 members (excludes halogenated alkanes) is 1. The maximum Gasteiger partial charge on any atom is 0.118 e. The van der Waals surface area contributed by atoms with Crippen molar-refractivity contribution in [2.45, 2.75) is 51.7 Å². The zero-order valence-electron chi connectivity index (χ0n) is 11.0. The predicted octanol–water partition coefficient (Wildman–Crippen LogP) is 2.76. The fourth-order valence-corrected chi connectivity index (χ4v) is 1.91. The minimum atomic E-state index is 0.746. The van der Waals surface area contributed by atoms with E-state index in [1.807, 2.05) is 0 Å². The van der Waals surface area contributed by atoms with Gasteiger partial charge in [-0.2, -0.15) is 0 Å². The van der Waals surface area contributed by atoms with Gasteiger partial charge >= 0.3 is 0 Å². The van der Waals surface area contributed by atoms with E-state index < -0.39 is 0 Å². The first kappa shape index (κ1) is 12.7. The fourth-order valence-electron chi connectivity index (χ4n) is 1.91. The van der Waals surface area contributed by atoms with Gasteiger partial charge in [-0.25, -0.2) is 0 Å². The van der Waals surface area contributed by atoms with Crippen LogP contribution in [-0.2, 0) is 13.1 Å². The van der Waals surface area contributed by atoms with Crippen LogP contribution in [0.1, 0.15) is 44.1 Å². The van der Waals surface area contributed by atoms with Gasteiger partial charge in [0, 0.05) is 6.04 Å². The van der Waals surface area contributed by atoms with E-state index in [9.17, 15) is 0 Å². The highest BCUT2D eigenvalue weighted by atomic mass is 16.3. The summed E-state index contributed by atoms with van der Waals surface area (Å²) in [7, 11) is 2.15. The molecule has 1 aromatic heterocycles. The maximum absolute atomic E-state index is 5.81. The highest BCUT2D eigenvalue weighted by Crippen LogP contribution is 2.19. The van der Waals surface area contributed by atoms with Gasteiger partial charge < -0.3 is 9.73 Å². The zero-order chi connectivity index (χ0) is 12.1. The Hall–Kier alpha value is -0.800. The van der Waals surface area contributed by atoms with E-state index in [1.165, 1.54) is 25.7 Å². The van der Waals surface area contributed by atoms with Crippen molar-refractivity contribution in [2.24, 2.45) is 0 Å². The van der Waals surface area contributed by atoms with Crippen molar-refractivity contribution in [1.29, 1.82) is 0 Å². The molecule has 17 heavy (non-hydrogen) atoms. The van der Waals surface area contributed by atoms with Gasteiger partial charge in [0.25, 0.3) is 0 Å². The van der Waals surface area contributed by atoms with Crippen molar-refractivity contribution in [3.05, 3.63) is 23.7 Å². The highest BCUT2D eigenvalue weighted by Gasteiger charge is 2.20. The Labute approximate surface area is 104 Å². The van der Waals surface area contributed by atoms with Crippen LogP contribution in [-0.4, -0.2) is 24.5 Å². The number of hydrogen-bond acceptors (Lipinski definition) is 3. The van der Waals surface area contributed by atoms with E-state index in [2.05, 4.69) is 36.3 Å². The summed E-state index contributed by atoms with van der Waals surface area (Å²) in [5.74, 6) is 2.15. The van der Waals surface area contributed by atoms with Crippen LogP contribution >= 0.6 is 0 Å². The molecule has 96 valence electrons. The van der Waals surface area contributed by atoms with Gasteiger partial charge in [-0.05, 0) is 45.0 Å². The summed E-state index contributed by atoms with van der Waals surface area (Å²) in [5.41, 5.74) is 0. The second kappa shape index (κ2) is 6.22. The second-order valence-electron chi connectivity index (χ2n) is 5.11. The Morgan fingerprint density at radius 2 is 2.12 bits per heavy atom. The smallest absolute Gasteiger partial charge is 0.118 e. The number of rotatable bonds is 8. The molecular weight excluding hydrogens is 212 g/mol. The molecule has 1 aliphatic rings. The molecule has 2 rings (SSSR count). The Balaban J connectivity index is 1.72. The summed E-state index contributed by atoms with van der Waals surface area (Å²) < 4.78 is 5.81. The third kappa shape index (κ3) is 4.52. The van der Waals surface area contributed by atoms with Gasteiger partial charge in [-0.1, -0.05) is 13.3 Å². The predicted molar refractivity (Wildman–Crippen MR) is 69.8 cm³/mol. The van der Waals surface area contributed by atoms with Gasteiger partial charge in [0.2, 0.25) is 0 Å². The van der Waals surface area contributed by atoms with Crippen LogP contribution in [0.15, 0.2) is 16.5 Å². The van der Waals surface area contributed by atoms with Gasteiger partial charge in [-0.15, -0.1) is 0 Å². The Bertz CT molecular complexity index is 331. The molecule has 0 amide bonds. The first-order valence-electron chi connectivity index (χ1n) is 6.77. The van der Waals surface area contributed by atoms with Crippen LogP contribution in [0, 0.1) is 0 Å². The SMILES string of the molecule is CCCCN(C)Cc1ccc(CNC2CC2)o1. The third-order valence-electron chi connectivity index (χ3n) is 3.18. The largest absolute Gasteiger partial charge is 0.463 e. The van der Waals surface area contributed by atoms with Crippen molar-refractivity contribution in [1.82, 2.24) is 10.2 Å². The molecule has 3 heteroatoms. The molecular formula is C14H24N2O. The first-order valence-corrected chi connectivity index (χ1v) is 6.77. The van der Waals surface area contributed by atoms with E-state index in [4.69, 9.17) is 4.42 Å². The van der Waals surface area contributed by atoms with Crippen molar-refractivity contribution >= 4 is 0 Å². The zero-order valence-corrected chi connectivity index (χ0v) is 11.0. The van der Waals surface area contributed by atoms with Crippen molar-refractivity contribution in [2.75, 3.05) is 13.6 Å². The van der Waals surface area contributed by atoms with E-state index >= 15 is 0 Å². The second-order valence-corrected chi connectivity index (χ2v) is 5.11. The van der Waals surface area contributed by atoms with E-state index in [-0.39, 0.29) is 0 Å². The Morgan fingerprint density at radius 3 is 2.82 bits per heavy atom. The molecule has 0 aliphatic heterocycles. The molecule has 1 fully saturated rings. The summed E-state index contributed by atoms with van der Waals surface area (Å²) in [6.07, 6.45) is 5.16. The van der Waals surface area contributed by atoms with E-state index in [0.29, 0.717) is 0 Å². The average molecular weight is 236 g/mol. The molecule has 1 heterocycles. The molecule has 0 radical (unpaired) electrons. The lowest BCUT2D eigenvalue weighted by Gasteiger charge is -2.13. The Morgan fingerprint density at radius 1 is 1.35 bits per heavy atom. The molecule has 0 aromatic carbocycles. The van der Waals surface area contributed by atoms with Gasteiger partial charge in [0.1, 0.15) is 11.5 Å². The lowest BCUT2D eigenvalue weighted by Crippen LogP contribution is -2.18. The number of nitrogens with zero attached hydrogens (tertiary/aromatic N) is 1. The molecule has 1 aromatic rings. The van der Waals surface area contributed by atoms with Crippen LogP contribution in [0.4, 0.5) is 0 Å². The normalized spacial score (nSPS) is 15.7. The molecule has 0 saturated heterocycles. The molecule has 0 unspecified atom stereocenters. The summed E-state index contributed by atoms with van der Waals surface area (Å²) in [4.78, 5) is 2.32. The standard InChI is InChI=1S/C14H24N2O/c1-3-4-9-16(2)11-14-8-7-13(17-14)10-15-12-5-6-12/h7-8,12,15H,3-6,9-11H2,1-2H3. The van der Waals surface area contributed by atoms with Crippen molar-refractivity contribution < 1.29 is 4.42 Å². The summed E-state index contributed by atoms with van der Waals surface area (Å²) in [6.45, 7) is 5.17. The average Bonchev–Trinajstić information content (AvgIpc) is 3.05. The van der Waals surface area contributed by atoms with Gasteiger partial charge in [0.15, 0.2) is 0 Å². The van der Waals surface area contributed by atoms with Crippen LogP contribution in [0.25, 0.3) is 0 Å². The lowest BCUT2D eigenvalue weighted by atomic mass is 10.3. The first-order chi connectivity index (χ1) is 8.28. The molecule has 0 atom stereocenters. The van der Waals surface area contributed by atoms with Crippen LogP contribution < -0.4 is 5.32 Å². The topological polar surface area (TPSA) is 28.4 Å². The molecule has 0 spiro atoms. The van der Waals surface area contributed by atoms with Crippen LogP contribution in [0.2, 0.25) is 0 Å². The number of hydrogen-bond donors (Lipinski definition) is 1. The van der Waals surface area contributed by atoms with Gasteiger partial charge in [0.05, 0.1) is 13.1 Å². The maximum atomic E-state index is 5.81. The quantitative estimate of drug-likeness (QED) is 0.752. The molecule has 3 nitrogen and oxygen atoms in total. The summed E-state index contributed by atoms with van der Waals surface area (Å²) in [5, 5.41) is 3.47. The monoisotopic (exact) mass is 236 g/mol. The molecule has 1 saturated carbocycles. The van der Waals surface area contributed by atoms with Gasteiger partial charge in [-0.3, -0.25) is 4.90 Å². The number of furan rings is 1. The molecule has 1 aliphatic carbocycles. The number of nitrogens with one attached hydrogen (secondary N) is 1. The van der Waals surface area contributed by atoms with Crippen LogP contribution in [0.3, 0.4) is 0 Å². The lowest BCUT2D eigenvalue weighted by molar-refractivity contribution is 0.285. The fraction of sp³-hybridized carbons (Fsp3) is 0.714. The highest BCUT2D eigenvalue weighted by molar-refractivity contribution is 5.07. The molecule has 1 N–H and O–H groups in total. The molecule has 0 bridgehead atoms. The van der Waals surface area contributed by atoms with Crippen molar-refractivity contribution in [3.8, 4) is 0 Å². The van der Waals surface area contributed by atoms with E-state index in [0.717, 1.165) is 37.2 Å². The summed E-state index contributed by atoms with van der Waals surface area (Å²) in [6, 6.07) is 4.95.